The summed E-state index contributed by atoms with van der Waals surface area (Å²) in [6, 6.07) is 15.4. The lowest BCUT2D eigenvalue weighted by molar-refractivity contribution is -0.134. The van der Waals surface area contributed by atoms with Crippen LogP contribution in [0.4, 0.5) is 0 Å². The summed E-state index contributed by atoms with van der Waals surface area (Å²) in [6.45, 7) is 2.32. The van der Waals surface area contributed by atoms with E-state index < -0.39 is 12.1 Å². The molecule has 1 unspecified atom stereocenters. The Hall–Kier alpha value is -3.25. The number of pyridine rings is 1. The van der Waals surface area contributed by atoms with Crippen molar-refractivity contribution < 1.29 is 14.7 Å². The number of hydrogen-bond donors (Lipinski definition) is 2. The summed E-state index contributed by atoms with van der Waals surface area (Å²) in [5, 5.41) is 10.9. The van der Waals surface area contributed by atoms with Crippen LogP contribution in [0, 0.1) is 6.92 Å². The van der Waals surface area contributed by atoms with Crippen molar-refractivity contribution >= 4 is 22.7 Å². The molecule has 2 amide bonds. The highest BCUT2D eigenvalue weighted by Gasteiger charge is 2.29. The van der Waals surface area contributed by atoms with Crippen molar-refractivity contribution in [1.29, 1.82) is 0 Å². The zero-order valence-electron chi connectivity index (χ0n) is 15.6. The second kappa shape index (κ2) is 7.05. The van der Waals surface area contributed by atoms with Crippen LogP contribution >= 0.6 is 0 Å². The van der Waals surface area contributed by atoms with Crippen LogP contribution in [-0.4, -0.2) is 33.0 Å². The first kappa shape index (κ1) is 18.1. The molecule has 3 N–H and O–H groups in total. The summed E-state index contributed by atoms with van der Waals surface area (Å²) in [6.07, 6.45) is 0.0565. The second-order valence-electron chi connectivity index (χ2n) is 7.18. The largest absolute Gasteiger partial charge is 0.373 e. The molecule has 4 rings (SSSR count). The summed E-state index contributed by atoms with van der Waals surface area (Å²) in [7, 11) is 0. The molecule has 2 heterocycles. The van der Waals surface area contributed by atoms with Gasteiger partial charge in [-0.1, -0.05) is 42.0 Å². The summed E-state index contributed by atoms with van der Waals surface area (Å²) < 4.78 is 0. The van der Waals surface area contributed by atoms with Crippen LogP contribution in [0.15, 0.2) is 48.5 Å². The average Bonchev–Trinajstić information content (AvgIpc) is 2.99. The molecule has 0 aliphatic carbocycles. The number of fused-ring (bicyclic) bond motifs is 1. The zero-order valence-corrected chi connectivity index (χ0v) is 15.6. The Bertz CT molecular complexity index is 1080. The summed E-state index contributed by atoms with van der Waals surface area (Å²) in [4.78, 5) is 29.6. The highest BCUT2D eigenvalue weighted by molar-refractivity contribution is 6.01. The Morgan fingerprint density at radius 3 is 2.61 bits per heavy atom. The van der Waals surface area contributed by atoms with E-state index in [2.05, 4.69) is 4.98 Å². The van der Waals surface area contributed by atoms with Crippen molar-refractivity contribution in [1.82, 2.24) is 9.88 Å². The van der Waals surface area contributed by atoms with Gasteiger partial charge in [0.2, 0.25) is 5.91 Å². The fourth-order valence-electron chi connectivity index (χ4n) is 3.58. The molecule has 0 radical (unpaired) electrons. The van der Waals surface area contributed by atoms with Crippen molar-refractivity contribution in [3.63, 3.8) is 0 Å². The number of carbonyl (C=O) groups excluding carboxylic acids is 2. The molecule has 28 heavy (non-hydrogen) atoms. The normalized spacial score (nSPS) is 16.7. The summed E-state index contributed by atoms with van der Waals surface area (Å²) in [5.74, 6) is -0.655. The van der Waals surface area contributed by atoms with Gasteiger partial charge in [-0.05, 0) is 35.7 Å². The van der Waals surface area contributed by atoms with Crippen LogP contribution in [0.25, 0.3) is 22.0 Å². The quantitative estimate of drug-likeness (QED) is 0.733. The first-order chi connectivity index (χ1) is 13.4. The molecule has 3 aromatic rings. The molecule has 2 aromatic carbocycles. The van der Waals surface area contributed by atoms with E-state index >= 15 is 0 Å². The Morgan fingerprint density at radius 2 is 1.96 bits per heavy atom. The fraction of sp³-hybridized carbons (Fsp3) is 0.227. The number of rotatable bonds is 4. The molecule has 1 saturated heterocycles. The number of aliphatic hydroxyl groups is 1. The molecule has 1 atom stereocenters. The zero-order chi connectivity index (χ0) is 19.8. The number of primary amides is 1. The summed E-state index contributed by atoms with van der Waals surface area (Å²) >= 11 is 0. The van der Waals surface area contributed by atoms with Gasteiger partial charge in [-0.2, -0.15) is 0 Å². The number of likely N-dealkylation sites (tertiary alicyclic amines) is 1. The number of aromatic nitrogens is 1. The minimum Gasteiger partial charge on any atom is -0.373 e. The van der Waals surface area contributed by atoms with Crippen molar-refractivity contribution in [3.05, 3.63) is 65.4 Å². The van der Waals surface area contributed by atoms with Crippen molar-refractivity contribution in [3.8, 4) is 11.1 Å². The van der Waals surface area contributed by atoms with E-state index in [1.165, 1.54) is 4.90 Å². The van der Waals surface area contributed by atoms with Gasteiger partial charge in [0, 0.05) is 24.8 Å². The van der Waals surface area contributed by atoms with Crippen molar-refractivity contribution in [2.24, 2.45) is 5.73 Å². The van der Waals surface area contributed by atoms with Gasteiger partial charge >= 0.3 is 0 Å². The summed E-state index contributed by atoms with van der Waals surface area (Å²) in [5.41, 5.74) is 10.2. The van der Waals surface area contributed by atoms with Gasteiger partial charge in [-0.15, -0.1) is 0 Å². The highest BCUT2D eigenvalue weighted by atomic mass is 16.3. The van der Waals surface area contributed by atoms with E-state index in [1.807, 2.05) is 49.4 Å². The monoisotopic (exact) mass is 375 g/mol. The maximum Gasteiger partial charge on any atom is 0.267 e. The third kappa shape index (κ3) is 3.34. The van der Waals surface area contributed by atoms with Gasteiger partial charge in [0.05, 0.1) is 5.52 Å². The lowest BCUT2D eigenvalue weighted by Gasteiger charge is -2.20. The maximum atomic E-state index is 12.0. The van der Waals surface area contributed by atoms with E-state index in [4.69, 9.17) is 5.73 Å². The predicted octanol–water partition coefficient (Wildman–Crippen LogP) is 2.75. The van der Waals surface area contributed by atoms with Gasteiger partial charge in [0.15, 0.2) is 0 Å². The molecule has 1 aliphatic heterocycles. The molecule has 1 aromatic heterocycles. The average molecular weight is 375 g/mol. The Balaban J connectivity index is 1.81. The Labute approximate surface area is 162 Å². The molecule has 6 nitrogen and oxygen atoms in total. The van der Waals surface area contributed by atoms with E-state index in [9.17, 15) is 14.7 Å². The van der Waals surface area contributed by atoms with Crippen LogP contribution in [0.1, 0.15) is 34.5 Å². The highest BCUT2D eigenvalue weighted by Crippen LogP contribution is 2.30. The van der Waals surface area contributed by atoms with E-state index in [0.29, 0.717) is 24.9 Å². The number of nitrogens with two attached hydrogens (primary N) is 1. The van der Waals surface area contributed by atoms with Crippen LogP contribution in [-0.2, 0) is 11.3 Å². The number of hydrogen-bond acceptors (Lipinski definition) is 4. The third-order valence-corrected chi connectivity index (χ3v) is 5.14. The number of aliphatic hydroxyl groups excluding tert-OH is 1. The lowest BCUT2D eigenvalue weighted by atomic mass is 9.98. The molecule has 0 bridgehead atoms. The number of benzene rings is 2. The molecular weight excluding hydrogens is 354 g/mol. The minimum atomic E-state index is -0.753. The lowest BCUT2D eigenvalue weighted by Crippen LogP contribution is -2.32. The molecule has 1 fully saturated rings. The SMILES string of the molecule is Cc1ccc(-c2cc(C(N)=O)nc3cc(CN4C(=O)CCC4O)ccc23)cc1. The Kier molecular flexibility index (Phi) is 4.57. The molecular formula is C22H21N3O3. The topological polar surface area (TPSA) is 96.5 Å². The van der Waals surface area contributed by atoms with Gasteiger partial charge < -0.3 is 15.7 Å². The third-order valence-electron chi connectivity index (χ3n) is 5.14. The predicted molar refractivity (Wildman–Crippen MR) is 106 cm³/mol. The molecule has 142 valence electrons. The van der Waals surface area contributed by atoms with Gasteiger partial charge in [-0.3, -0.25) is 9.59 Å². The van der Waals surface area contributed by atoms with E-state index in [0.717, 1.165) is 27.6 Å². The minimum absolute atomic E-state index is 0.0632. The standard InChI is InChI=1S/C22H21N3O3/c1-13-2-5-15(6-3-13)17-11-19(22(23)28)24-18-10-14(4-7-16(17)18)12-25-20(26)8-9-21(25)27/h2-7,10-11,20,26H,8-9,12H2,1H3,(H2,23,28). The Morgan fingerprint density at radius 1 is 1.21 bits per heavy atom. The van der Waals surface area contributed by atoms with Crippen LogP contribution in [0.2, 0.25) is 0 Å². The number of aryl methyl sites for hydroxylation is 1. The van der Waals surface area contributed by atoms with E-state index in [-0.39, 0.29) is 11.6 Å². The molecule has 0 spiro atoms. The number of carbonyl (C=O) groups is 2. The van der Waals surface area contributed by atoms with Gasteiger partial charge in [-0.25, -0.2) is 4.98 Å². The number of amides is 2. The van der Waals surface area contributed by atoms with E-state index in [1.54, 1.807) is 6.07 Å². The first-order valence-corrected chi connectivity index (χ1v) is 9.20. The van der Waals surface area contributed by atoms with Crippen molar-refractivity contribution in [2.75, 3.05) is 0 Å². The molecule has 6 heteroatoms. The van der Waals surface area contributed by atoms with Crippen LogP contribution < -0.4 is 5.73 Å². The first-order valence-electron chi connectivity index (χ1n) is 9.20. The number of nitrogens with zero attached hydrogens (tertiary/aromatic N) is 2. The van der Waals surface area contributed by atoms with Gasteiger partial charge in [0.25, 0.3) is 5.91 Å². The van der Waals surface area contributed by atoms with Crippen LogP contribution in [0.3, 0.4) is 0 Å². The van der Waals surface area contributed by atoms with Crippen molar-refractivity contribution in [2.45, 2.75) is 32.5 Å². The maximum absolute atomic E-state index is 12.0. The molecule has 0 saturated carbocycles. The second-order valence-corrected chi connectivity index (χ2v) is 7.18. The fourth-order valence-corrected chi connectivity index (χ4v) is 3.58. The van der Waals surface area contributed by atoms with Crippen LogP contribution in [0.5, 0.6) is 0 Å². The molecule has 1 aliphatic rings. The van der Waals surface area contributed by atoms with Gasteiger partial charge in [0.1, 0.15) is 11.9 Å². The smallest absolute Gasteiger partial charge is 0.267 e.